The van der Waals surface area contributed by atoms with E-state index in [2.05, 4.69) is 40.0 Å². The third-order valence-corrected chi connectivity index (χ3v) is 7.72. The molecule has 0 saturated carbocycles. The molecule has 1 aromatic carbocycles. The van der Waals surface area contributed by atoms with Gasteiger partial charge in [0.2, 0.25) is 11.8 Å². The van der Waals surface area contributed by atoms with E-state index >= 15 is 0 Å². The van der Waals surface area contributed by atoms with Gasteiger partial charge < -0.3 is 9.32 Å². The second-order valence-electron chi connectivity index (χ2n) is 10.8. The SMILES string of the molecule is CC(C)N1CCC(c2ccc3c(c2)C(C)(C)C(=O)N(Cc2ccc(-c4nnc(C(F)F)o4)cn2)C3=O)CC1. The Kier molecular flexibility index (Phi) is 6.85. The largest absolute Gasteiger partial charge is 0.415 e. The Morgan fingerprint density at radius 1 is 1.08 bits per heavy atom. The van der Waals surface area contributed by atoms with Gasteiger partial charge in [-0.15, -0.1) is 10.2 Å². The van der Waals surface area contributed by atoms with Crippen molar-refractivity contribution in [3.63, 3.8) is 0 Å². The van der Waals surface area contributed by atoms with Gasteiger partial charge >= 0.3 is 6.43 Å². The Balaban J connectivity index is 1.35. The highest BCUT2D eigenvalue weighted by Crippen LogP contribution is 2.38. The number of alkyl halides is 2. The number of amides is 2. The standard InChI is InChI=1S/C28H31F2N5O3/c1-16(2)34-11-9-17(10-12-34)18-6-8-21-22(13-18)28(3,4)27(37)35(26(21)36)15-20-7-5-19(14-31-20)24-32-33-25(38-24)23(29)30/h5-8,13-14,16-17,23H,9-12,15H2,1-4H3. The van der Waals surface area contributed by atoms with Gasteiger partial charge in [0, 0.05) is 17.8 Å². The zero-order valence-electron chi connectivity index (χ0n) is 21.9. The summed E-state index contributed by atoms with van der Waals surface area (Å²) < 4.78 is 30.4. The number of benzene rings is 1. The monoisotopic (exact) mass is 523 g/mol. The first-order valence-electron chi connectivity index (χ1n) is 12.9. The first-order chi connectivity index (χ1) is 18.1. The molecule has 38 heavy (non-hydrogen) atoms. The van der Waals surface area contributed by atoms with Crippen LogP contribution in [0.4, 0.5) is 8.78 Å². The first-order valence-corrected chi connectivity index (χ1v) is 12.9. The summed E-state index contributed by atoms with van der Waals surface area (Å²) in [6, 6.07) is 9.67. The Bertz CT molecular complexity index is 1340. The molecule has 2 aliphatic heterocycles. The predicted molar refractivity (Wildman–Crippen MR) is 136 cm³/mol. The van der Waals surface area contributed by atoms with Crippen LogP contribution in [0.3, 0.4) is 0 Å². The summed E-state index contributed by atoms with van der Waals surface area (Å²) in [5.74, 6) is -1.07. The third-order valence-electron chi connectivity index (χ3n) is 7.72. The van der Waals surface area contributed by atoms with Crippen LogP contribution in [0.25, 0.3) is 11.5 Å². The number of likely N-dealkylation sites (tertiary alicyclic amines) is 1. The molecular formula is C28H31F2N5O3. The zero-order chi connectivity index (χ0) is 27.2. The van der Waals surface area contributed by atoms with Gasteiger partial charge in [-0.1, -0.05) is 12.1 Å². The van der Waals surface area contributed by atoms with Gasteiger partial charge in [-0.3, -0.25) is 19.5 Å². The molecule has 200 valence electrons. The summed E-state index contributed by atoms with van der Waals surface area (Å²) in [6.07, 6.45) is 0.646. The summed E-state index contributed by atoms with van der Waals surface area (Å²) in [4.78, 5) is 35.0. The Morgan fingerprint density at radius 3 is 2.42 bits per heavy atom. The second kappa shape index (κ2) is 9.98. The van der Waals surface area contributed by atoms with Crippen LogP contribution in [0.2, 0.25) is 0 Å². The zero-order valence-corrected chi connectivity index (χ0v) is 21.9. The maximum absolute atomic E-state index is 13.6. The molecule has 2 amide bonds. The Morgan fingerprint density at radius 2 is 1.82 bits per heavy atom. The van der Waals surface area contributed by atoms with Crippen molar-refractivity contribution in [2.45, 2.75) is 70.9 Å². The fraction of sp³-hybridized carbons (Fsp3) is 0.464. The van der Waals surface area contributed by atoms with Crippen molar-refractivity contribution in [1.29, 1.82) is 0 Å². The number of nitrogens with zero attached hydrogens (tertiary/aromatic N) is 5. The maximum atomic E-state index is 13.6. The van der Waals surface area contributed by atoms with E-state index in [1.54, 1.807) is 12.1 Å². The van der Waals surface area contributed by atoms with Crippen molar-refractivity contribution in [2.75, 3.05) is 13.1 Å². The summed E-state index contributed by atoms with van der Waals surface area (Å²) in [6.45, 7) is 10.2. The quantitative estimate of drug-likeness (QED) is 0.414. The van der Waals surface area contributed by atoms with E-state index in [1.807, 2.05) is 26.0 Å². The minimum absolute atomic E-state index is 0.0116. The molecule has 5 rings (SSSR count). The molecule has 0 unspecified atom stereocenters. The van der Waals surface area contributed by atoms with E-state index in [4.69, 9.17) is 4.42 Å². The summed E-state index contributed by atoms with van der Waals surface area (Å²) in [5, 5.41) is 6.93. The minimum Gasteiger partial charge on any atom is -0.415 e. The highest BCUT2D eigenvalue weighted by Gasteiger charge is 2.45. The number of pyridine rings is 1. The lowest BCUT2D eigenvalue weighted by Gasteiger charge is -2.39. The van der Waals surface area contributed by atoms with Crippen molar-refractivity contribution in [1.82, 2.24) is 25.0 Å². The van der Waals surface area contributed by atoms with Gasteiger partial charge in [-0.05, 0) is 88.9 Å². The normalized spacial score (nSPS) is 18.5. The van der Waals surface area contributed by atoms with E-state index in [1.165, 1.54) is 16.7 Å². The molecule has 0 bridgehead atoms. The molecule has 10 heteroatoms. The molecule has 2 aliphatic rings. The molecule has 3 aromatic rings. The summed E-state index contributed by atoms with van der Waals surface area (Å²) >= 11 is 0. The number of aromatic nitrogens is 3. The number of piperidine rings is 1. The fourth-order valence-electron chi connectivity index (χ4n) is 5.35. The smallest absolute Gasteiger partial charge is 0.314 e. The van der Waals surface area contributed by atoms with Gasteiger partial charge in [0.15, 0.2) is 0 Å². The molecule has 0 radical (unpaired) electrons. The average Bonchev–Trinajstić information content (AvgIpc) is 3.41. The van der Waals surface area contributed by atoms with Crippen LogP contribution in [0, 0.1) is 0 Å². The molecule has 8 nitrogen and oxygen atoms in total. The number of imide groups is 1. The van der Waals surface area contributed by atoms with Gasteiger partial charge in [-0.25, -0.2) is 0 Å². The predicted octanol–water partition coefficient (Wildman–Crippen LogP) is 5.12. The highest BCUT2D eigenvalue weighted by molar-refractivity contribution is 6.12. The number of hydrogen-bond acceptors (Lipinski definition) is 7. The van der Waals surface area contributed by atoms with Crippen molar-refractivity contribution in [3.8, 4) is 11.5 Å². The van der Waals surface area contributed by atoms with E-state index < -0.39 is 17.7 Å². The minimum atomic E-state index is -2.86. The van der Waals surface area contributed by atoms with Crippen LogP contribution >= 0.6 is 0 Å². The number of hydrogen-bond donors (Lipinski definition) is 0. The van der Waals surface area contributed by atoms with Gasteiger partial charge in [0.1, 0.15) is 0 Å². The van der Waals surface area contributed by atoms with E-state index in [9.17, 15) is 18.4 Å². The molecule has 1 saturated heterocycles. The van der Waals surface area contributed by atoms with Crippen molar-refractivity contribution in [3.05, 3.63) is 64.8 Å². The Hall–Kier alpha value is -3.53. The first kappa shape index (κ1) is 26.1. The van der Waals surface area contributed by atoms with Crippen molar-refractivity contribution in [2.24, 2.45) is 0 Å². The Labute approximate surface area is 220 Å². The molecule has 0 N–H and O–H groups in total. The van der Waals surface area contributed by atoms with E-state index in [-0.39, 0.29) is 24.2 Å². The lowest BCUT2D eigenvalue weighted by Crippen LogP contribution is -2.51. The molecule has 1 fully saturated rings. The maximum Gasteiger partial charge on any atom is 0.314 e. The molecule has 0 atom stereocenters. The van der Waals surface area contributed by atoms with Crippen molar-refractivity contribution >= 4 is 11.8 Å². The van der Waals surface area contributed by atoms with Gasteiger partial charge in [-0.2, -0.15) is 8.78 Å². The number of carbonyl (C=O) groups is 2. The van der Waals surface area contributed by atoms with Crippen molar-refractivity contribution < 1.29 is 22.8 Å². The van der Waals surface area contributed by atoms with Crippen LogP contribution < -0.4 is 0 Å². The highest BCUT2D eigenvalue weighted by atomic mass is 19.3. The number of fused-ring (bicyclic) bond motifs is 1. The lowest BCUT2D eigenvalue weighted by atomic mass is 9.75. The van der Waals surface area contributed by atoms with Crippen LogP contribution in [-0.2, 0) is 16.8 Å². The second-order valence-corrected chi connectivity index (χ2v) is 10.8. The molecule has 4 heterocycles. The topological polar surface area (TPSA) is 92.4 Å². The average molecular weight is 524 g/mol. The van der Waals surface area contributed by atoms with E-state index in [0.717, 1.165) is 31.5 Å². The van der Waals surface area contributed by atoms with Crippen LogP contribution in [-0.4, -0.2) is 55.9 Å². The summed E-state index contributed by atoms with van der Waals surface area (Å²) in [7, 11) is 0. The molecule has 0 spiro atoms. The van der Waals surface area contributed by atoms with Gasteiger partial charge in [0.05, 0.1) is 23.2 Å². The molecular weight excluding hydrogens is 492 g/mol. The lowest BCUT2D eigenvalue weighted by molar-refractivity contribution is -0.134. The summed E-state index contributed by atoms with van der Waals surface area (Å²) in [5.41, 5.74) is 2.43. The van der Waals surface area contributed by atoms with Gasteiger partial charge in [0.25, 0.3) is 11.8 Å². The number of carbonyl (C=O) groups excluding carboxylic acids is 2. The van der Waals surface area contributed by atoms with Crippen LogP contribution in [0.5, 0.6) is 0 Å². The van der Waals surface area contributed by atoms with Crippen LogP contribution in [0.15, 0.2) is 40.9 Å². The number of halogens is 2. The molecule has 0 aliphatic carbocycles. The molecule has 2 aromatic heterocycles. The fourth-order valence-corrected chi connectivity index (χ4v) is 5.35. The third kappa shape index (κ3) is 4.73. The number of rotatable bonds is 6. The van der Waals surface area contributed by atoms with Crippen LogP contribution in [0.1, 0.15) is 85.9 Å². The van der Waals surface area contributed by atoms with E-state index in [0.29, 0.717) is 28.8 Å².